The number of esters is 1. The van der Waals surface area contributed by atoms with Crippen molar-refractivity contribution >= 4 is 11.8 Å². The van der Waals surface area contributed by atoms with Crippen molar-refractivity contribution in [3.8, 4) is 22.9 Å². The van der Waals surface area contributed by atoms with Crippen LogP contribution in [0.2, 0.25) is 0 Å². The lowest BCUT2D eigenvalue weighted by Gasteiger charge is -2.11. The minimum atomic E-state index is -0.478. The van der Waals surface area contributed by atoms with Gasteiger partial charge in [-0.05, 0) is 44.2 Å². The smallest absolute Gasteiger partial charge is 0.309 e. The Bertz CT molecular complexity index is 1100. The van der Waals surface area contributed by atoms with E-state index < -0.39 is 5.97 Å². The lowest BCUT2D eigenvalue weighted by atomic mass is 10.1. The molecule has 0 N–H and O–H groups in total. The number of Topliss-reactive ketones (excluding diaryl/α,β-unsaturated/α-hetero) is 1. The highest BCUT2D eigenvalue weighted by atomic mass is 16.7. The minimum absolute atomic E-state index is 0.0678. The minimum Gasteiger partial charge on any atom is -0.493 e. The second-order valence-corrected chi connectivity index (χ2v) is 7.15. The van der Waals surface area contributed by atoms with Crippen molar-refractivity contribution in [3.05, 3.63) is 71.5 Å². The summed E-state index contributed by atoms with van der Waals surface area (Å²) in [6.45, 7) is 3.86. The zero-order valence-corrected chi connectivity index (χ0v) is 17.4. The van der Waals surface area contributed by atoms with Crippen LogP contribution in [0.1, 0.15) is 28.2 Å². The topological polar surface area (TPSA) is 76.0 Å². The summed E-state index contributed by atoms with van der Waals surface area (Å²) < 4.78 is 23.4. The number of ether oxygens (including phenoxy) is 4. The van der Waals surface area contributed by atoms with Gasteiger partial charge in [0.1, 0.15) is 5.75 Å². The van der Waals surface area contributed by atoms with Gasteiger partial charge in [-0.2, -0.15) is 0 Å². The molecule has 0 radical (unpaired) electrons. The highest BCUT2D eigenvalue weighted by Gasteiger charge is 2.20. The molecule has 0 atom stereocenters. The van der Waals surface area contributed by atoms with Crippen LogP contribution in [0.5, 0.6) is 17.2 Å². The fraction of sp³-hybridized carbons (Fsp3) is 0.250. The number of aromatic nitrogens is 1. The summed E-state index contributed by atoms with van der Waals surface area (Å²) >= 11 is 0. The van der Waals surface area contributed by atoms with Gasteiger partial charge in [0.2, 0.25) is 12.6 Å². The van der Waals surface area contributed by atoms with Gasteiger partial charge in [0.25, 0.3) is 0 Å². The maximum absolute atomic E-state index is 12.7. The van der Waals surface area contributed by atoms with Crippen molar-refractivity contribution in [1.82, 2.24) is 4.57 Å². The number of hydrogen-bond acceptors (Lipinski definition) is 6. The predicted molar refractivity (Wildman–Crippen MR) is 113 cm³/mol. The Morgan fingerprint density at radius 3 is 2.58 bits per heavy atom. The molecule has 4 rings (SSSR count). The first-order chi connectivity index (χ1) is 15.0. The first-order valence-corrected chi connectivity index (χ1v) is 9.98. The molecule has 0 amide bonds. The van der Waals surface area contributed by atoms with Crippen LogP contribution < -0.4 is 14.2 Å². The van der Waals surface area contributed by atoms with Crippen molar-refractivity contribution in [1.29, 1.82) is 0 Å². The number of carbonyl (C=O) groups excluding carboxylic acids is 2. The number of benzene rings is 2. The second-order valence-electron chi connectivity index (χ2n) is 7.15. The van der Waals surface area contributed by atoms with Crippen LogP contribution in [0.15, 0.2) is 54.6 Å². The number of nitrogens with zero attached hydrogens (tertiary/aromatic N) is 1. The van der Waals surface area contributed by atoms with E-state index in [9.17, 15) is 9.59 Å². The maximum Gasteiger partial charge on any atom is 0.309 e. The van der Waals surface area contributed by atoms with E-state index in [4.69, 9.17) is 18.9 Å². The van der Waals surface area contributed by atoms with Crippen LogP contribution in [-0.2, 0) is 9.53 Å². The van der Waals surface area contributed by atoms with Gasteiger partial charge in [0.15, 0.2) is 18.1 Å². The van der Waals surface area contributed by atoms with Gasteiger partial charge in [0, 0.05) is 28.7 Å². The summed E-state index contributed by atoms with van der Waals surface area (Å²) in [6.07, 6.45) is 0.0678. The molecule has 1 aliphatic heterocycles. The van der Waals surface area contributed by atoms with E-state index in [2.05, 4.69) is 0 Å². The molecule has 2 heterocycles. The first-order valence-electron chi connectivity index (χ1n) is 9.98. The zero-order valence-electron chi connectivity index (χ0n) is 17.4. The summed E-state index contributed by atoms with van der Waals surface area (Å²) in [7, 11) is 0. The van der Waals surface area contributed by atoms with Gasteiger partial charge in [-0.3, -0.25) is 9.59 Å². The molecule has 7 heteroatoms. The maximum atomic E-state index is 12.7. The Morgan fingerprint density at radius 1 is 1.00 bits per heavy atom. The van der Waals surface area contributed by atoms with Gasteiger partial charge in [0.05, 0.1) is 13.0 Å². The third kappa shape index (κ3) is 4.55. The molecule has 1 aromatic heterocycles. The van der Waals surface area contributed by atoms with Gasteiger partial charge in [-0.25, -0.2) is 0 Å². The van der Waals surface area contributed by atoms with Crippen LogP contribution in [0.4, 0.5) is 0 Å². The zero-order chi connectivity index (χ0) is 21.8. The highest BCUT2D eigenvalue weighted by molar-refractivity contribution is 5.99. The molecule has 7 nitrogen and oxygen atoms in total. The van der Waals surface area contributed by atoms with Crippen LogP contribution in [0, 0.1) is 13.8 Å². The van der Waals surface area contributed by atoms with Crippen molar-refractivity contribution < 1.29 is 28.5 Å². The lowest BCUT2D eigenvalue weighted by Crippen LogP contribution is -2.16. The molecule has 0 bridgehead atoms. The number of ketones is 1. The summed E-state index contributed by atoms with van der Waals surface area (Å²) in [4.78, 5) is 24.7. The quantitative estimate of drug-likeness (QED) is 0.404. The molecule has 0 saturated heterocycles. The molecule has 0 aliphatic carbocycles. The van der Waals surface area contributed by atoms with Gasteiger partial charge in [-0.1, -0.05) is 18.2 Å². The van der Waals surface area contributed by atoms with Crippen molar-refractivity contribution in [2.45, 2.75) is 20.3 Å². The van der Waals surface area contributed by atoms with E-state index in [1.807, 2.05) is 66.9 Å². The fourth-order valence-corrected chi connectivity index (χ4v) is 3.53. The standard InChI is InChI=1S/C24H23NO6/c1-16-12-20(17(2)25(16)18-8-9-22-23(13-18)31-15-30-22)21(26)14-29-24(27)10-11-28-19-6-4-3-5-7-19/h3-9,12-13H,10-11,14-15H2,1-2H3. The molecule has 1 aliphatic rings. The van der Waals surface area contributed by atoms with E-state index in [-0.39, 0.29) is 32.2 Å². The Balaban J connectivity index is 1.36. The molecule has 0 fully saturated rings. The molecule has 0 spiro atoms. The van der Waals surface area contributed by atoms with Crippen molar-refractivity contribution in [2.24, 2.45) is 0 Å². The fourth-order valence-electron chi connectivity index (χ4n) is 3.53. The van der Waals surface area contributed by atoms with E-state index >= 15 is 0 Å². The van der Waals surface area contributed by atoms with E-state index in [0.717, 1.165) is 17.1 Å². The number of hydrogen-bond donors (Lipinski definition) is 0. The van der Waals surface area contributed by atoms with Crippen LogP contribution in [-0.4, -0.2) is 36.3 Å². The van der Waals surface area contributed by atoms with E-state index in [1.165, 1.54) is 0 Å². The molecule has 3 aromatic rings. The Labute approximate surface area is 180 Å². The lowest BCUT2D eigenvalue weighted by molar-refractivity contribution is -0.143. The number of rotatable bonds is 8. The molecule has 0 saturated carbocycles. The Morgan fingerprint density at radius 2 is 1.77 bits per heavy atom. The Kier molecular flexibility index (Phi) is 5.93. The van der Waals surface area contributed by atoms with Crippen LogP contribution in [0.25, 0.3) is 5.69 Å². The van der Waals surface area contributed by atoms with Crippen LogP contribution >= 0.6 is 0 Å². The van der Waals surface area contributed by atoms with Crippen molar-refractivity contribution in [3.63, 3.8) is 0 Å². The molecule has 2 aromatic carbocycles. The molecule has 0 unspecified atom stereocenters. The summed E-state index contributed by atoms with van der Waals surface area (Å²) in [5, 5.41) is 0. The normalized spacial score (nSPS) is 11.9. The summed E-state index contributed by atoms with van der Waals surface area (Å²) in [6, 6.07) is 16.6. The number of carbonyl (C=O) groups is 2. The molecule has 160 valence electrons. The Hall–Kier alpha value is -3.74. The third-order valence-corrected chi connectivity index (χ3v) is 5.03. The van der Waals surface area contributed by atoms with E-state index in [1.54, 1.807) is 6.07 Å². The largest absolute Gasteiger partial charge is 0.493 e. The summed E-state index contributed by atoms with van der Waals surface area (Å²) in [5.41, 5.74) is 3.05. The van der Waals surface area contributed by atoms with Crippen molar-refractivity contribution in [2.75, 3.05) is 20.0 Å². The number of para-hydroxylation sites is 1. The van der Waals surface area contributed by atoms with E-state index in [0.29, 0.717) is 22.8 Å². The van der Waals surface area contributed by atoms with Gasteiger partial charge >= 0.3 is 5.97 Å². The third-order valence-electron chi connectivity index (χ3n) is 5.03. The molecular formula is C24H23NO6. The average Bonchev–Trinajstić information content (AvgIpc) is 3.36. The first kappa shape index (κ1) is 20.5. The highest BCUT2D eigenvalue weighted by Crippen LogP contribution is 2.34. The van der Waals surface area contributed by atoms with Gasteiger partial charge in [-0.15, -0.1) is 0 Å². The second kappa shape index (κ2) is 8.95. The summed E-state index contributed by atoms with van der Waals surface area (Å²) in [5.74, 6) is 1.32. The monoisotopic (exact) mass is 421 g/mol. The number of fused-ring (bicyclic) bond motifs is 1. The number of aryl methyl sites for hydroxylation is 1. The predicted octanol–water partition coefficient (Wildman–Crippen LogP) is 4.02. The molecular weight excluding hydrogens is 398 g/mol. The average molecular weight is 421 g/mol. The SMILES string of the molecule is Cc1cc(C(=O)COC(=O)CCOc2ccccc2)c(C)n1-c1ccc2c(c1)OCO2. The van der Waals surface area contributed by atoms with Gasteiger partial charge < -0.3 is 23.5 Å². The molecule has 31 heavy (non-hydrogen) atoms. The van der Waals surface area contributed by atoms with Crippen LogP contribution in [0.3, 0.4) is 0 Å².